The predicted octanol–water partition coefficient (Wildman–Crippen LogP) is 3.82. The Bertz CT molecular complexity index is 953. The molecule has 1 aliphatic heterocycles. The van der Waals surface area contributed by atoms with E-state index in [1.807, 2.05) is 30.3 Å². The fourth-order valence-corrected chi connectivity index (χ4v) is 7.72. The summed E-state index contributed by atoms with van der Waals surface area (Å²) in [6, 6.07) is 17.9. The first-order valence-electron chi connectivity index (χ1n) is 9.77. The summed E-state index contributed by atoms with van der Waals surface area (Å²) in [5.74, 6) is 0.370. The van der Waals surface area contributed by atoms with Crippen molar-refractivity contribution in [3.8, 4) is 0 Å². The highest BCUT2D eigenvalue weighted by Crippen LogP contribution is 2.43. The van der Waals surface area contributed by atoms with E-state index in [2.05, 4.69) is 29.6 Å². The highest BCUT2D eigenvalue weighted by Gasteiger charge is 2.39. The topological polar surface area (TPSA) is 63.2 Å². The molecule has 1 N–H and O–H groups in total. The lowest BCUT2D eigenvalue weighted by molar-refractivity contribution is 0.0925. The molecule has 0 aromatic heterocycles. The number of hydrogen-bond acceptors (Lipinski definition) is 4. The number of sulfone groups is 1. The van der Waals surface area contributed by atoms with Gasteiger partial charge in [0.05, 0.1) is 17.1 Å². The van der Waals surface area contributed by atoms with Crippen LogP contribution in [0.2, 0.25) is 0 Å². The zero-order chi connectivity index (χ0) is 19.6. The number of amides is 1. The van der Waals surface area contributed by atoms with E-state index >= 15 is 0 Å². The van der Waals surface area contributed by atoms with E-state index in [0.29, 0.717) is 18.5 Å². The third-order valence-electron chi connectivity index (χ3n) is 5.90. The van der Waals surface area contributed by atoms with Crippen molar-refractivity contribution in [2.75, 3.05) is 18.1 Å². The average Bonchev–Trinajstić information content (AvgIpc) is 3.00. The Balaban J connectivity index is 1.45. The van der Waals surface area contributed by atoms with Crippen molar-refractivity contribution in [3.63, 3.8) is 0 Å². The molecule has 1 saturated heterocycles. The summed E-state index contributed by atoms with van der Waals surface area (Å²) < 4.78 is 23.5. The number of rotatable bonds is 6. The molecule has 2 aromatic rings. The Hall–Kier alpha value is -1.79. The summed E-state index contributed by atoms with van der Waals surface area (Å²) in [6.07, 6.45) is 4.02. The van der Waals surface area contributed by atoms with E-state index < -0.39 is 9.84 Å². The number of thioether (sulfide) groups is 1. The van der Waals surface area contributed by atoms with Crippen molar-refractivity contribution >= 4 is 27.5 Å². The van der Waals surface area contributed by atoms with Gasteiger partial charge in [-0.25, -0.2) is 8.42 Å². The minimum atomic E-state index is -2.93. The van der Waals surface area contributed by atoms with Crippen molar-refractivity contribution in [2.24, 2.45) is 0 Å². The van der Waals surface area contributed by atoms with Crippen LogP contribution in [0, 0.1) is 0 Å². The molecule has 1 atom stereocenters. The molecule has 148 valence electrons. The maximum atomic E-state index is 12.9. The van der Waals surface area contributed by atoms with Gasteiger partial charge in [0.1, 0.15) is 0 Å². The molecule has 1 aliphatic carbocycles. The van der Waals surface area contributed by atoms with Gasteiger partial charge in [-0.2, -0.15) is 0 Å². The van der Waals surface area contributed by atoms with Crippen molar-refractivity contribution in [2.45, 2.75) is 41.2 Å². The standard InChI is InChI=1S/C22H25NO3S2/c24-21(23-16-22(12-6-13-22)17-7-2-1-3-8-17)19-9-4-5-10-20(19)27-18-11-14-28(25,26)15-18/h1-5,7-10,18H,6,11-16H2,(H,23,24)/t18-/m0/s1. The second-order valence-corrected chi connectivity index (χ2v) is 11.4. The van der Waals surface area contributed by atoms with Crippen molar-refractivity contribution in [1.82, 2.24) is 5.32 Å². The smallest absolute Gasteiger partial charge is 0.252 e. The van der Waals surface area contributed by atoms with Gasteiger partial charge in [0.2, 0.25) is 0 Å². The lowest BCUT2D eigenvalue weighted by Gasteiger charge is -2.42. The lowest BCUT2D eigenvalue weighted by atomic mass is 9.64. The molecule has 1 saturated carbocycles. The monoisotopic (exact) mass is 415 g/mol. The van der Waals surface area contributed by atoms with E-state index in [9.17, 15) is 13.2 Å². The van der Waals surface area contributed by atoms with Crippen LogP contribution in [0.15, 0.2) is 59.5 Å². The molecule has 0 unspecified atom stereocenters. The van der Waals surface area contributed by atoms with Crippen LogP contribution in [0.1, 0.15) is 41.6 Å². The summed E-state index contributed by atoms with van der Waals surface area (Å²) in [5, 5.41) is 3.18. The normalized spacial score (nSPS) is 22.4. The Labute approximate surface area is 171 Å². The molecule has 6 heteroatoms. The third kappa shape index (κ3) is 4.13. The Kier molecular flexibility index (Phi) is 5.52. The second-order valence-electron chi connectivity index (χ2n) is 7.82. The first-order chi connectivity index (χ1) is 13.5. The molecule has 4 nitrogen and oxygen atoms in total. The molecule has 1 heterocycles. The number of hydrogen-bond donors (Lipinski definition) is 1. The minimum absolute atomic E-state index is 0.0289. The van der Waals surface area contributed by atoms with E-state index in [-0.39, 0.29) is 28.1 Å². The fourth-order valence-electron chi connectivity index (χ4n) is 4.10. The first-order valence-corrected chi connectivity index (χ1v) is 12.5. The van der Waals surface area contributed by atoms with Crippen LogP contribution >= 0.6 is 11.8 Å². The number of carbonyl (C=O) groups excluding carboxylic acids is 1. The molecule has 0 spiro atoms. The van der Waals surface area contributed by atoms with Crippen LogP contribution in [0.5, 0.6) is 0 Å². The predicted molar refractivity (Wildman–Crippen MR) is 114 cm³/mol. The molecular weight excluding hydrogens is 390 g/mol. The van der Waals surface area contributed by atoms with Gasteiger partial charge in [0.15, 0.2) is 9.84 Å². The van der Waals surface area contributed by atoms with E-state index in [4.69, 9.17) is 0 Å². The number of nitrogens with one attached hydrogen (secondary N) is 1. The van der Waals surface area contributed by atoms with Crippen LogP contribution in [-0.4, -0.2) is 37.6 Å². The zero-order valence-corrected chi connectivity index (χ0v) is 17.4. The molecular formula is C22H25NO3S2. The Morgan fingerprint density at radius 2 is 1.79 bits per heavy atom. The highest BCUT2D eigenvalue weighted by molar-refractivity contribution is 8.02. The summed E-state index contributed by atoms with van der Waals surface area (Å²) in [6.45, 7) is 0.632. The molecule has 2 aromatic carbocycles. The highest BCUT2D eigenvalue weighted by atomic mass is 32.2. The Morgan fingerprint density at radius 1 is 1.07 bits per heavy atom. The van der Waals surface area contributed by atoms with Gasteiger partial charge in [0, 0.05) is 22.1 Å². The third-order valence-corrected chi connectivity index (χ3v) is 9.22. The van der Waals surface area contributed by atoms with E-state index in [1.54, 1.807) is 0 Å². The van der Waals surface area contributed by atoms with Gasteiger partial charge in [0.25, 0.3) is 5.91 Å². The van der Waals surface area contributed by atoms with Gasteiger partial charge in [-0.1, -0.05) is 48.9 Å². The lowest BCUT2D eigenvalue weighted by Crippen LogP contribution is -2.45. The molecule has 0 bridgehead atoms. The van der Waals surface area contributed by atoms with Crippen molar-refractivity contribution in [3.05, 3.63) is 65.7 Å². The van der Waals surface area contributed by atoms with Crippen LogP contribution < -0.4 is 5.32 Å². The largest absolute Gasteiger partial charge is 0.351 e. The quantitative estimate of drug-likeness (QED) is 0.779. The van der Waals surface area contributed by atoms with Crippen LogP contribution in [0.3, 0.4) is 0 Å². The van der Waals surface area contributed by atoms with Crippen molar-refractivity contribution < 1.29 is 13.2 Å². The number of carbonyl (C=O) groups is 1. The van der Waals surface area contributed by atoms with Crippen LogP contribution in [0.25, 0.3) is 0 Å². The molecule has 0 radical (unpaired) electrons. The van der Waals surface area contributed by atoms with Gasteiger partial charge >= 0.3 is 0 Å². The van der Waals surface area contributed by atoms with Gasteiger partial charge in [-0.15, -0.1) is 11.8 Å². The molecule has 4 rings (SSSR count). The fraction of sp³-hybridized carbons (Fsp3) is 0.409. The van der Waals surface area contributed by atoms with E-state index in [1.165, 1.54) is 23.7 Å². The zero-order valence-electron chi connectivity index (χ0n) is 15.8. The second kappa shape index (κ2) is 7.91. The maximum absolute atomic E-state index is 12.9. The molecule has 2 fully saturated rings. The Morgan fingerprint density at radius 3 is 2.43 bits per heavy atom. The van der Waals surface area contributed by atoms with Gasteiger partial charge in [-0.05, 0) is 37.0 Å². The summed E-state index contributed by atoms with van der Waals surface area (Å²) in [4.78, 5) is 13.8. The SMILES string of the molecule is O=C(NCC1(c2ccccc2)CCC1)c1ccccc1S[C@H]1CCS(=O)(=O)C1. The van der Waals surface area contributed by atoms with Crippen molar-refractivity contribution in [1.29, 1.82) is 0 Å². The van der Waals surface area contributed by atoms with Gasteiger partial charge < -0.3 is 5.32 Å². The number of benzene rings is 2. The van der Waals surface area contributed by atoms with Crippen LogP contribution in [0.4, 0.5) is 0 Å². The minimum Gasteiger partial charge on any atom is -0.351 e. The summed E-state index contributed by atoms with van der Waals surface area (Å²) in [5.41, 5.74) is 1.97. The van der Waals surface area contributed by atoms with Crippen LogP contribution in [-0.2, 0) is 15.3 Å². The van der Waals surface area contributed by atoms with Gasteiger partial charge in [-0.3, -0.25) is 4.79 Å². The molecule has 1 amide bonds. The average molecular weight is 416 g/mol. The van der Waals surface area contributed by atoms with E-state index in [0.717, 1.165) is 17.7 Å². The summed E-state index contributed by atoms with van der Waals surface area (Å²) >= 11 is 1.52. The summed E-state index contributed by atoms with van der Waals surface area (Å²) in [7, 11) is -2.93. The molecule has 28 heavy (non-hydrogen) atoms. The molecule has 2 aliphatic rings. The maximum Gasteiger partial charge on any atom is 0.252 e. The first kappa shape index (κ1) is 19.5.